The van der Waals surface area contributed by atoms with Crippen LogP contribution in [0.5, 0.6) is 17.2 Å². The first-order chi connectivity index (χ1) is 14.3. The molecule has 0 unspecified atom stereocenters. The minimum atomic E-state index is -3.99. The highest BCUT2D eigenvalue weighted by molar-refractivity contribution is 9.10. The standard InChI is InChI=1S/C20H24BrNO7S/c1-5-29-19(23)13-22(30(24,25)16-8-6-15(21)7-9-16)12-14-10-17(26-2)20(28-4)18(11-14)27-3/h6-11H,5,12-13H2,1-4H3. The summed E-state index contributed by atoms with van der Waals surface area (Å²) in [6, 6.07) is 9.44. The number of hydrogen-bond donors (Lipinski definition) is 0. The fraction of sp³-hybridized carbons (Fsp3) is 0.350. The van der Waals surface area contributed by atoms with Gasteiger partial charge >= 0.3 is 5.97 Å². The number of hydrogen-bond acceptors (Lipinski definition) is 7. The Morgan fingerprint density at radius 2 is 1.57 bits per heavy atom. The second kappa shape index (κ2) is 10.6. The molecule has 0 atom stereocenters. The average molecular weight is 502 g/mol. The zero-order valence-electron chi connectivity index (χ0n) is 17.2. The van der Waals surface area contributed by atoms with Crippen molar-refractivity contribution in [2.45, 2.75) is 18.4 Å². The number of ether oxygens (including phenoxy) is 4. The highest BCUT2D eigenvalue weighted by Gasteiger charge is 2.28. The molecule has 0 aliphatic heterocycles. The fourth-order valence-corrected chi connectivity index (χ4v) is 4.40. The van der Waals surface area contributed by atoms with Crippen LogP contribution in [0.15, 0.2) is 45.8 Å². The van der Waals surface area contributed by atoms with Crippen LogP contribution in [-0.2, 0) is 26.1 Å². The minimum Gasteiger partial charge on any atom is -0.493 e. The smallest absolute Gasteiger partial charge is 0.321 e. The van der Waals surface area contributed by atoms with Crippen LogP contribution in [0.1, 0.15) is 12.5 Å². The molecule has 2 rings (SSSR count). The van der Waals surface area contributed by atoms with Crippen LogP contribution in [0.25, 0.3) is 0 Å². The third kappa shape index (κ3) is 5.65. The van der Waals surface area contributed by atoms with Crippen LogP contribution in [0.3, 0.4) is 0 Å². The number of sulfonamides is 1. The maximum absolute atomic E-state index is 13.2. The number of benzene rings is 2. The molecule has 30 heavy (non-hydrogen) atoms. The van der Waals surface area contributed by atoms with E-state index >= 15 is 0 Å². The van der Waals surface area contributed by atoms with Gasteiger partial charge in [0.15, 0.2) is 11.5 Å². The Bertz CT molecular complexity index is 952. The summed E-state index contributed by atoms with van der Waals surface area (Å²) in [7, 11) is 0.428. The van der Waals surface area contributed by atoms with Gasteiger partial charge in [0.1, 0.15) is 6.54 Å². The monoisotopic (exact) mass is 501 g/mol. The van der Waals surface area contributed by atoms with E-state index < -0.39 is 22.5 Å². The van der Waals surface area contributed by atoms with E-state index in [4.69, 9.17) is 18.9 Å². The van der Waals surface area contributed by atoms with Gasteiger partial charge in [-0.1, -0.05) is 15.9 Å². The predicted molar refractivity (Wildman–Crippen MR) is 114 cm³/mol. The molecule has 0 saturated heterocycles. The number of nitrogens with zero attached hydrogens (tertiary/aromatic N) is 1. The molecule has 8 nitrogen and oxygen atoms in total. The predicted octanol–water partition coefficient (Wildman–Crippen LogP) is 3.23. The zero-order chi connectivity index (χ0) is 22.3. The van der Waals surface area contributed by atoms with Gasteiger partial charge in [0.05, 0.1) is 32.8 Å². The summed E-state index contributed by atoms with van der Waals surface area (Å²) in [5, 5.41) is 0. The van der Waals surface area contributed by atoms with E-state index in [0.717, 1.165) is 8.78 Å². The van der Waals surface area contributed by atoms with Crippen molar-refractivity contribution in [2.75, 3.05) is 34.5 Å². The van der Waals surface area contributed by atoms with Crippen molar-refractivity contribution in [3.63, 3.8) is 0 Å². The Labute approximate surface area is 184 Å². The molecule has 2 aromatic carbocycles. The number of halogens is 1. The highest BCUT2D eigenvalue weighted by atomic mass is 79.9. The number of methoxy groups -OCH3 is 3. The fourth-order valence-electron chi connectivity index (χ4n) is 2.76. The largest absolute Gasteiger partial charge is 0.493 e. The molecule has 0 amide bonds. The van der Waals surface area contributed by atoms with Crippen LogP contribution in [-0.4, -0.2) is 53.2 Å². The number of carbonyl (C=O) groups excluding carboxylic acids is 1. The molecule has 0 aromatic heterocycles. The lowest BCUT2D eigenvalue weighted by atomic mass is 10.1. The van der Waals surface area contributed by atoms with Crippen molar-refractivity contribution >= 4 is 31.9 Å². The van der Waals surface area contributed by atoms with E-state index in [1.165, 1.54) is 33.5 Å². The molecule has 0 aliphatic carbocycles. The van der Waals surface area contributed by atoms with E-state index in [0.29, 0.717) is 22.8 Å². The summed E-state index contributed by atoms with van der Waals surface area (Å²) in [5.41, 5.74) is 0.550. The van der Waals surface area contributed by atoms with Gasteiger partial charge in [0.25, 0.3) is 0 Å². The van der Waals surface area contributed by atoms with E-state index in [9.17, 15) is 13.2 Å². The summed E-state index contributed by atoms with van der Waals surface area (Å²) >= 11 is 3.29. The molecule has 0 N–H and O–H groups in total. The van der Waals surface area contributed by atoms with E-state index in [1.807, 2.05) is 0 Å². The van der Waals surface area contributed by atoms with E-state index in [-0.39, 0.29) is 18.0 Å². The first kappa shape index (κ1) is 24.0. The van der Waals surface area contributed by atoms with Crippen LogP contribution in [0.4, 0.5) is 0 Å². The lowest BCUT2D eigenvalue weighted by Crippen LogP contribution is -2.36. The quantitative estimate of drug-likeness (QED) is 0.461. The van der Waals surface area contributed by atoms with Crippen LogP contribution in [0, 0.1) is 0 Å². The van der Waals surface area contributed by atoms with Gasteiger partial charge in [0, 0.05) is 11.0 Å². The van der Waals surface area contributed by atoms with Gasteiger partial charge in [-0.15, -0.1) is 0 Å². The second-order valence-corrected chi connectivity index (χ2v) is 8.92. The van der Waals surface area contributed by atoms with Crippen LogP contribution in [0.2, 0.25) is 0 Å². The third-order valence-electron chi connectivity index (χ3n) is 4.15. The molecule has 0 radical (unpaired) electrons. The second-order valence-electron chi connectivity index (χ2n) is 6.07. The number of esters is 1. The van der Waals surface area contributed by atoms with Crippen molar-refractivity contribution in [1.82, 2.24) is 4.31 Å². The molecule has 0 heterocycles. The summed E-state index contributed by atoms with van der Waals surface area (Å²) in [6.07, 6.45) is 0. The Morgan fingerprint density at radius 3 is 2.03 bits per heavy atom. The van der Waals surface area contributed by atoms with E-state index in [1.54, 1.807) is 31.2 Å². The summed E-state index contributed by atoms with van der Waals surface area (Å²) in [6.45, 7) is 1.26. The van der Waals surface area contributed by atoms with E-state index in [2.05, 4.69) is 15.9 Å². The highest BCUT2D eigenvalue weighted by Crippen LogP contribution is 2.38. The number of rotatable bonds is 10. The van der Waals surface area contributed by atoms with Crippen LogP contribution < -0.4 is 14.2 Å². The van der Waals surface area contributed by atoms with Crippen molar-refractivity contribution in [3.8, 4) is 17.2 Å². The summed E-state index contributed by atoms with van der Waals surface area (Å²) in [4.78, 5) is 12.2. The number of carbonyl (C=O) groups is 1. The Morgan fingerprint density at radius 1 is 1.00 bits per heavy atom. The zero-order valence-corrected chi connectivity index (χ0v) is 19.6. The maximum Gasteiger partial charge on any atom is 0.321 e. The molecular weight excluding hydrogens is 478 g/mol. The molecule has 2 aromatic rings. The van der Waals surface area contributed by atoms with Gasteiger partial charge in [-0.25, -0.2) is 8.42 Å². The van der Waals surface area contributed by atoms with Crippen molar-refractivity contribution in [2.24, 2.45) is 0 Å². The van der Waals surface area contributed by atoms with Gasteiger partial charge in [-0.3, -0.25) is 4.79 Å². The van der Waals surface area contributed by atoms with Crippen molar-refractivity contribution in [3.05, 3.63) is 46.4 Å². The Hall–Kier alpha value is -2.30. The molecule has 0 spiro atoms. The van der Waals surface area contributed by atoms with Gasteiger partial charge in [-0.2, -0.15) is 4.31 Å². The first-order valence-electron chi connectivity index (χ1n) is 8.97. The SMILES string of the molecule is CCOC(=O)CN(Cc1cc(OC)c(OC)c(OC)c1)S(=O)(=O)c1ccc(Br)cc1. The van der Waals surface area contributed by atoms with Crippen LogP contribution >= 0.6 is 15.9 Å². The Balaban J connectivity index is 2.48. The van der Waals surface area contributed by atoms with Gasteiger partial charge < -0.3 is 18.9 Å². The van der Waals surface area contributed by atoms with Crippen molar-refractivity contribution < 1.29 is 32.2 Å². The summed E-state index contributed by atoms with van der Waals surface area (Å²) in [5.74, 6) is 0.495. The normalized spacial score (nSPS) is 11.3. The lowest BCUT2D eigenvalue weighted by molar-refractivity contribution is -0.143. The Kier molecular flexibility index (Phi) is 8.51. The molecule has 0 fully saturated rings. The topological polar surface area (TPSA) is 91.4 Å². The average Bonchev–Trinajstić information content (AvgIpc) is 2.72. The molecule has 0 bridgehead atoms. The van der Waals surface area contributed by atoms with Crippen molar-refractivity contribution in [1.29, 1.82) is 0 Å². The molecule has 164 valence electrons. The third-order valence-corrected chi connectivity index (χ3v) is 6.48. The molecule has 0 saturated carbocycles. The molecule has 10 heteroatoms. The minimum absolute atomic E-state index is 0.0578. The maximum atomic E-state index is 13.2. The van der Waals surface area contributed by atoms with Gasteiger partial charge in [0.2, 0.25) is 15.8 Å². The molecule has 0 aliphatic rings. The first-order valence-corrected chi connectivity index (χ1v) is 11.2. The lowest BCUT2D eigenvalue weighted by Gasteiger charge is -2.22. The van der Waals surface area contributed by atoms with Gasteiger partial charge in [-0.05, 0) is 48.9 Å². The summed E-state index contributed by atoms with van der Waals surface area (Å²) < 4.78 is 49.2. The molecular formula is C20H24BrNO7S.